The highest BCUT2D eigenvalue weighted by atomic mass is 35.5. The molecule has 1 N–H and O–H groups in total. The largest absolute Gasteiger partial charge is 0.365 e. The third-order valence-corrected chi connectivity index (χ3v) is 3.17. The summed E-state index contributed by atoms with van der Waals surface area (Å²) in [4.78, 5) is 6.77. The van der Waals surface area contributed by atoms with Crippen LogP contribution in [0.15, 0.2) is 42.5 Å². The van der Waals surface area contributed by atoms with Crippen molar-refractivity contribution in [1.29, 1.82) is 0 Å². The summed E-state index contributed by atoms with van der Waals surface area (Å²) in [6, 6.07) is 13.9. The Morgan fingerprint density at radius 2 is 1.86 bits per heavy atom. The number of halogens is 1. The first-order valence-electron chi connectivity index (χ1n) is 7.04. The van der Waals surface area contributed by atoms with Crippen molar-refractivity contribution in [3.05, 3.63) is 53.1 Å². The van der Waals surface area contributed by atoms with Crippen molar-refractivity contribution in [3.8, 4) is 0 Å². The van der Waals surface area contributed by atoms with Gasteiger partial charge in [0.2, 0.25) is 0 Å². The van der Waals surface area contributed by atoms with Crippen LogP contribution >= 0.6 is 11.6 Å². The smallest absolute Gasteiger partial charge is 0.130 e. The van der Waals surface area contributed by atoms with Crippen LogP contribution in [0.1, 0.15) is 26.3 Å². The number of rotatable bonds is 4. The normalized spacial score (nSPS) is 11.3. The van der Waals surface area contributed by atoms with Crippen LogP contribution in [0.25, 0.3) is 0 Å². The van der Waals surface area contributed by atoms with Gasteiger partial charge in [0.1, 0.15) is 11.6 Å². The van der Waals surface area contributed by atoms with E-state index in [1.165, 1.54) is 5.56 Å². The summed E-state index contributed by atoms with van der Waals surface area (Å²) in [5.74, 6) is 1.82. The Kier molecular flexibility index (Phi) is 4.73. The molecular weight excluding hydrogens is 282 g/mol. The van der Waals surface area contributed by atoms with E-state index in [9.17, 15) is 0 Å². The van der Waals surface area contributed by atoms with Gasteiger partial charge in [0, 0.05) is 24.2 Å². The lowest BCUT2D eigenvalue weighted by Gasteiger charge is -2.23. The summed E-state index contributed by atoms with van der Waals surface area (Å²) in [5, 5.41) is 4.15. The van der Waals surface area contributed by atoms with Gasteiger partial charge in [-0.3, -0.25) is 0 Å². The third-order valence-electron chi connectivity index (χ3n) is 2.94. The van der Waals surface area contributed by atoms with Gasteiger partial charge < -0.3 is 10.2 Å². The molecular formula is C17H22ClN3. The van der Waals surface area contributed by atoms with Gasteiger partial charge in [0.05, 0.1) is 0 Å². The highest BCUT2D eigenvalue weighted by Gasteiger charge is 2.11. The first-order chi connectivity index (χ1) is 9.83. The van der Waals surface area contributed by atoms with Gasteiger partial charge in [-0.2, -0.15) is 0 Å². The summed E-state index contributed by atoms with van der Waals surface area (Å²) in [6.45, 7) is 7.14. The molecule has 0 bridgehead atoms. The van der Waals surface area contributed by atoms with Crippen molar-refractivity contribution in [1.82, 2.24) is 4.98 Å². The number of pyridine rings is 1. The molecule has 0 fully saturated rings. The lowest BCUT2D eigenvalue weighted by molar-refractivity contribution is 0.630. The minimum Gasteiger partial charge on any atom is -0.365 e. The molecule has 1 aromatic heterocycles. The molecule has 0 saturated heterocycles. The van der Waals surface area contributed by atoms with Gasteiger partial charge >= 0.3 is 0 Å². The average molecular weight is 304 g/mol. The fourth-order valence-electron chi connectivity index (χ4n) is 2.08. The summed E-state index contributed by atoms with van der Waals surface area (Å²) in [7, 11) is 2.03. The number of nitrogens with one attached hydrogen (secondary N) is 1. The molecule has 3 nitrogen and oxygen atoms in total. The SMILES string of the molecule is CN(Cc1cccc(Cl)c1)c1cccc(NC(C)(C)C)n1. The molecule has 0 aliphatic carbocycles. The number of aromatic nitrogens is 1. The first-order valence-corrected chi connectivity index (χ1v) is 7.42. The minimum atomic E-state index is -0.00283. The Morgan fingerprint density at radius 3 is 2.52 bits per heavy atom. The standard InChI is InChI=1S/C17H22ClN3/c1-17(2,3)20-15-9-6-10-16(19-15)21(4)12-13-7-5-8-14(18)11-13/h5-11H,12H2,1-4H3,(H,19,20). The van der Waals surface area contributed by atoms with E-state index in [-0.39, 0.29) is 5.54 Å². The highest BCUT2D eigenvalue weighted by Crippen LogP contribution is 2.19. The number of hydrogen-bond donors (Lipinski definition) is 1. The van der Waals surface area contributed by atoms with E-state index < -0.39 is 0 Å². The van der Waals surface area contributed by atoms with E-state index in [1.807, 2.05) is 43.4 Å². The minimum absolute atomic E-state index is 0.00283. The van der Waals surface area contributed by atoms with Gasteiger partial charge in [-0.05, 0) is 50.6 Å². The summed E-state index contributed by atoms with van der Waals surface area (Å²) < 4.78 is 0. The molecule has 4 heteroatoms. The van der Waals surface area contributed by atoms with E-state index >= 15 is 0 Å². The maximum absolute atomic E-state index is 6.03. The molecule has 0 aliphatic rings. The van der Waals surface area contributed by atoms with Crippen LogP contribution in [0.4, 0.5) is 11.6 Å². The van der Waals surface area contributed by atoms with E-state index in [1.54, 1.807) is 0 Å². The van der Waals surface area contributed by atoms with Crippen molar-refractivity contribution in [2.75, 3.05) is 17.3 Å². The maximum Gasteiger partial charge on any atom is 0.130 e. The van der Waals surface area contributed by atoms with Gasteiger partial charge in [-0.1, -0.05) is 29.8 Å². The van der Waals surface area contributed by atoms with Gasteiger partial charge in [0.25, 0.3) is 0 Å². The summed E-state index contributed by atoms with van der Waals surface area (Å²) in [5.41, 5.74) is 1.16. The molecule has 2 aromatic rings. The topological polar surface area (TPSA) is 28.2 Å². The molecule has 0 atom stereocenters. The molecule has 0 amide bonds. The Morgan fingerprint density at radius 1 is 1.14 bits per heavy atom. The predicted octanol–water partition coefficient (Wildman–Crippen LogP) is 4.58. The van der Waals surface area contributed by atoms with Crippen LogP contribution in [0.5, 0.6) is 0 Å². The second-order valence-electron chi connectivity index (χ2n) is 6.24. The molecule has 0 saturated carbocycles. The van der Waals surface area contributed by atoms with E-state index in [4.69, 9.17) is 11.6 Å². The van der Waals surface area contributed by atoms with Gasteiger partial charge in [-0.15, -0.1) is 0 Å². The molecule has 0 spiro atoms. The average Bonchev–Trinajstić information content (AvgIpc) is 2.37. The zero-order chi connectivity index (χ0) is 15.5. The van der Waals surface area contributed by atoms with Gasteiger partial charge in [-0.25, -0.2) is 4.98 Å². The molecule has 0 unspecified atom stereocenters. The Hall–Kier alpha value is -1.74. The van der Waals surface area contributed by atoms with Crippen molar-refractivity contribution < 1.29 is 0 Å². The monoisotopic (exact) mass is 303 g/mol. The Balaban J connectivity index is 2.12. The van der Waals surface area contributed by atoms with Crippen LogP contribution in [0.3, 0.4) is 0 Å². The Labute approximate surface area is 132 Å². The number of nitrogens with zero attached hydrogens (tertiary/aromatic N) is 2. The van der Waals surface area contributed by atoms with E-state index in [2.05, 4.69) is 42.0 Å². The molecule has 2 rings (SSSR count). The van der Waals surface area contributed by atoms with Crippen LogP contribution < -0.4 is 10.2 Å². The zero-order valence-electron chi connectivity index (χ0n) is 13.0. The number of benzene rings is 1. The van der Waals surface area contributed by atoms with Gasteiger partial charge in [0.15, 0.2) is 0 Å². The van der Waals surface area contributed by atoms with Crippen molar-refractivity contribution in [2.45, 2.75) is 32.9 Å². The third kappa shape index (κ3) is 4.94. The second kappa shape index (κ2) is 6.35. The molecule has 0 radical (unpaired) electrons. The fraction of sp³-hybridized carbons (Fsp3) is 0.353. The van der Waals surface area contributed by atoms with Crippen molar-refractivity contribution in [2.24, 2.45) is 0 Å². The number of anilines is 2. The van der Waals surface area contributed by atoms with E-state index in [0.29, 0.717) is 0 Å². The molecule has 112 valence electrons. The molecule has 0 aliphatic heterocycles. The predicted molar refractivity (Wildman–Crippen MR) is 91.2 cm³/mol. The summed E-state index contributed by atoms with van der Waals surface area (Å²) in [6.07, 6.45) is 0. The maximum atomic E-state index is 6.03. The van der Waals surface area contributed by atoms with E-state index in [0.717, 1.165) is 23.2 Å². The lowest BCUT2D eigenvalue weighted by atomic mass is 10.1. The van der Waals surface area contributed by atoms with Crippen LogP contribution in [-0.2, 0) is 6.54 Å². The van der Waals surface area contributed by atoms with Crippen molar-refractivity contribution >= 4 is 23.2 Å². The fourth-order valence-corrected chi connectivity index (χ4v) is 2.29. The van der Waals surface area contributed by atoms with Crippen LogP contribution in [-0.4, -0.2) is 17.6 Å². The molecule has 1 aromatic carbocycles. The van der Waals surface area contributed by atoms with Crippen molar-refractivity contribution in [3.63, 3.8) is 0 Å². The summed E-state index contributed by atoms with van der Waals surface area (Å²) >= 11 is 6.03. The lowest BCUT2D eigenvalue weighted by Crippen LogP contribution is -2.27. The highest BCUT2D eigenvalue weighted by molar-refractivity contribution is 6.30. The zero-order valence-corrected chi connectivity index (χ0v) is 13.8. The Bertz CT molecular complexity index is 605. The van der Waals surface area contributed by atoms with Crippen LogP contribution in [0, 0.1) is 0 Å². The second-order valence-corrected chi connectivity index (χ2v) is 6.68. The van der Waals surface area contributed by atoms with Crippen LogP contribution in [0.2, 0.25) is 5.02 Å². The first kappa shape index (κ1) is 15.6. The molecule has 21 heavy (non-hydrogen) atoms. The quantitative estimate of drug-likeness (QED) is 0.896. The number of hydrogen-bond acceptors (Lipinski definition) is 3. The molecule has 1 heterocycles.